The lowest BCUT2D eigenvalue weighted by Crippen LogP contribution is -2.27. The van der Waals surface area contributed by atoms with Crippen molar-refractivity contribution in [3.05, 3.63) is 23.3 Å². The molecule has 0 saturated heterocycles. The molecule has 19 heavy (non-hydrogen) atoms. The van der Waals surface area contributed by atoms with Crippen molar-refractivity contribution < 1.29 is 13.2 Å². The first kappa shape index (κ1) is 15.6. The summed E-state index contributed by atoms with van der Waals surface area (Å²) in [4.78, 5) is 11.8. The molecule has 0 aliphatic rings. The van der Waals surface area contributed by atoms with Crippen LogP contribution in [0.1, 0.15) is 18.1 Å². The normalized spacial score (nSPS) is 13.1. The Morgan fingerprint density at radius 2 is 1.95 bits per heavy atom. The first-order chi connectivity index (χ1) is 8.66. The van der Waals surface area contributed by atoms with Crippen molar-refractivity contribution in [2.24, 2.45) is 16.8 Å². The second kappa shape index (κ2) is 5.68. The van der Waals surface area contributed by atoms with Crippen molar-refractivity contribution >= 4 is 21.6 Å². The van der Waals surface area contributed by atoms with E-state index in [4.69, 9.17) is 10.9 Å². The number of nitrogens with one attached hydrogen (secondary N) is 1. The highest BCUT2D eigenvalue weighted by atomic mass is 32.2. The second-order valence-corrected chi connectivity index (χ2v) is 6.15. The summed E-state index contributed by atoms with van der Waals surface area (Å²) in [5.74, 6) is -0.602. The van der Waals surface area contributed by atoms with Gasteiger partial charge in [0, 0.05) is 18.2 Å². The molecule has 106 valence electrons. The third-order valence-corrected chi connectivity index (χ3v) is 3.92. The molecule has 0 aromatic heterocycles. The van der Waals surface area contributed by atoms with Crippen LogP contribution in [-0.2, 0) is 14.8 Å². The van der Waals surface area contributed by atoms with Crippen LogP contribution in [-0.4, -0.2) is 20.9 Å². The molecule has 1 rings (SSSR count). The topological polar surface area (TPSA) is 115 Å². The molecule has 1 amide bonds. The number of sulfonamides is 1. The molecule has 0 aliphatic heterocycles. The number of hydrogen-bond acceptors (Lipinski definition) is 4. The van der Waals surface area contributed by atoms with Crippen molar-refractivity contribution in [2.75, 3.05) is 11.9 Å². The Morgan fingerprint density at radius 3 is 2.42 bits per heavy atom. The lowest BCUT2D eigenvalue weighted by molar-refractivity contribution is -0.119. The third-order valence-electron chi connectivity index (χ3n) is 3.03. The predicted octanol–water partition coefficient (Wildman–Crippen LogP) is 0.484. The average Bonchev–Trinajstić information content (AvgIpc) is 2.32. The van der Waals surface area contributed by atoms with Crippen LogP contribution >= 0.6 is 0 Å². The Labute approximate surface area is 113 Å². The molecule has 1 aromatic carbocycles. The number of rotatable bonds is 4. The van der Waals surface area contributed by atoms with Gasteiger partial charge in [-0.15, -0.1) is 0 Å². The zero-order chi connectivity index (χ0) is 14.8. The molecule has 0 saturated carbocycles. The van der Waals surface area contributed by atoms with E-state index in [0.717, 1.165) is 11.1 Å². The number of anilines is 1. The Morgan fingerprint density at radius 1 is 1.37 bits per heavy atom. The van der Waals surface area contributed by atoms with Crippen LogP contribution in [0.3, 0.4) is 0 Å². The van der Waals surface area contributed by atoms with Gasteiger partial charge in [0.2, 0.25) is 15.9 Å². The highest BCUT2D eigenvalue weighted by Gasteiger charge is 2.16. The second-order valence-electron chi connectivity index (χ2n) is 4.58. The van der Waals surface area contributed by atoms with E-state index in [1.807, 2.05) is 0 Å². The van der Waals surface area contributed by atoms with Gasteiger partial charge in [-0.3, -0.25) is 4.79 Å². The summed E-state index contributed by atoms with van der Waals surface area (Å²) >= 11 is 0. The molecule has 0 spiro atoms. The fourth-order valence-corrected chi connectivity index (χ4v) is 2.11. The Balaban J connectivity index is 3.21. The summed E-state index contributed by atoms with van der Waals surface area (Å²) in [5.41, 5.74) is 7.39. The number of primary sulfonamides is 1. The molecule has 1 atom stereocenters. The summed E-state index contributed by atoms with van der Waals surface area (Å²) in [7, 11) is -3.80. The largest absolute Gasteiger partial charge is 0.330 e. The molecule has 0 radical (unpaired) electrons. The average molecular weight is 285 g/mol. The van der Waals surface area contributed by atoms with Gasteiger partial charge < -0.3 is 11.1 Å². The molecule has 0 aliphatic carbocycles. The minimum Gasteiger partial charge on any atom is -0.330 e. The zero-order valence-corrected chi connectivity index (χ0v) is 12.0. The summed E-state index contributed by atoms with van der Waals surface area (Å²) in [6.07, 6.45) is 0. The Kier molecular flexibility index (Phi) is 4.67. The van der Waals surface area contributed by atoms with E-state index in [9.17, 15) is 13.2 Å². The Bertz CT molecular complexity index is 596. The van der Waals surface area contributed by atoms with Crippen LogP contribution in [0.15, 0.2) is 17.0 Å². The summed E-state index contributed by atoms with van der Waals surface area (Å²) in [5, 5.41) is 7.78. The molecule has 0 bridgehead atoms. The number of aryl methyl sites for hydroxylation is 1. The molecule has 0 heterocycles. The molecule has 1 aromatic rings. The van der Waals surface area contributed by atoms with Gasteiger partial charge in [-0.1, -0.05) is 6.92 Å². The number of carbonyl (C=O) groups is 1. The van der Waals surface area contributed by atoms with Crippen molar-refractivity contribution in [3.8, 4) is 0 Å². The van der Waals surface area contributed by atoms with Crippen LogP contribution in [0, 0.1) is 19.8 Å². The van der Waals surface area contributed by atoms with Crippen molar-refractivity contribution in [1.29, 1.82) is 0 Å². The summed E-state index contributed by atoms with van der Waals surface area (Å²) < 4.78 is 22.7. The van der Waals surface area contributed by atoms with Crippen LogP contribution in [0.25, 0.3) is 0 Å². The quantitative estimate of drug-likeness (QED) is 0.746. The number of amides is 1. The maximum Gasteiger partial charge on any atom is 0.238 e. The van der Waals surface area contributed by atoms with E-state index in [1.165, 1.54) is 12.1 Å². The van der Waals surface area contributed by atoms with E-state index in [0.29, 0.717) is 5.69 Å². The predicted molar refractivity (Wildman–Crippen MR) is 74.1 cm³/mol. The minimum absolute atomic E-state index is 0.0219. The Hall–Kier alpha value is -1.44. The van der Waals surface area contributed by atoms with Crippen molar-refractivity contribution in [1.82, 2.24) is 0 Å². The van der Waals surface area contributed by atoms with E-state index in [-0.39, 0.29) is 23.3 Å². The highest BCUT2D eigenvalue weighted by molar-refractivity contribution is 7.89. The van der Waals surface area contributed by atoms with Gasteiger partial charge in [0.05, 0.1) is 4.90 Å². The fourth-order valence-electron chi connectivity index (χ4n) is 1.48. The van der Waals surface area contributed by atoms with Gasteiger partial charge in [-0.2, -0.15) is 0 Å². The first-order valence-electron chi connectivity index (χ1n) is 5.81. The summed E-state index contributed by atoms with van der Waals surface area (Å²) in [6.45, 7) is 5.47. The van der Waals surface area contributed by atoms with Crippen molar-refractivity contribution in [2.45, 2.75) is 25.7 Å². The molecular formula is C12H19N3O3S. The van der Waals surface area contributed by atoms with Crippen LogP contribution < -0.4 is 16.2 Å². The van der Waals surface area contributed by atoms with Gasteiger partial charge >= 0.3 is 0 Å². The highest BCUT2D eigenvalue weighted by Crippen LogP contribution is 2.23. The minimum atomic E-state index is -3.80. The van der Waals surface area contributed by atoms with Gasteiger partial charge in [-0.25, -0.2) is 13.6 Å². The SMILES string of the molecule is Cc1cc(S(N)(=O)=O)cc(NC(=O)C(C)CN)c1C. The first-order valence-corrected chi connectivity index (χ1v) is 7.36. The molecule has 7 heteroatoms. The smallest absolute Gasteiger partial charge is 0.238 e. The zero-order valence-electron chi connectivity index (χ0n) is 11.2. The maximum atomic E-state index is 11.8. The fraction of sp³-hybridized carbons (Fsp3) is 0.417. The van der Waals surface area contributed by atoms with E-state index in [2.05, 4.69) is 5.32 Å². The molecule has 6 nitrogen and oxygen atoms in total. The number of carbonyl (C=O) groups excluding carboxylic acids is 1. The van der Waals surface area contributed by atoms with Gasteiger partial charge in [0.1, 0.15) is 0 Å². The molecule has 1 unspecified atom stereocenters. The number of benzene rings is 1. The van der Waals surface area contributed by atoms with E-state index in [1.54, 1.807) is 20.8 Å². The van der Waals surface area contributed by atoms with Crippen LogP contribution in [0.5, 0.6) is 0 Å². The maximum absolute atomic E-state index is 11.8. The van der Waals surface area contributed by atoms with Gasteiger partial charge in [-0.05, 0) is 37.1 Å². The van der Waals surface area contributed by atoms with E-state index >= 15 is 0 Å². The lowest BCUT2D eigenvalue weighted by atomic mass is 10.1. The lowest BCUT2D eigenvalue weighted by Gasteiger charge is -2.15. The third kappa shape index (κ3) is 3.76. The van der Waals surface area contributed by atoms with Crippen LogP contribution in [0.2, 0.25) is 0 Å². The molecule has 5 N–H and O–H groups in total. The number of nitrogens with two attached hydrogens (primary N) is 2. The molecule has 0 fully saturated rings. The van der Waals surface area contributed by atoms with Gasteiger partial charge in [0.15, 0.2) is 0 Å². The number of hydrogen-bond donors (Lipinski definition) is 3. The summed E-state index contributed by atoms with van der Waals surface area (Å²) in [6, 6.07) is 2.84. The van der Waals surface area contributed by atoms with Crippen molar-refractivity contribution in [3.63, 3.8) is 0 Å². The van der Waals surface area contributed by atoms with Crippen LogP contribution in [0.4, 0.5) is 5.69 Å². The monoisotopic (exact) mass is 285 g/mol. The van der Waals surface area contributed by atoms with E-state index < -0.39 is 10.0 Å². The standard InChI is InChI=1S/C12H19N3O3S/c1-7-4-10(19(14,17)18)5-11(9(7)3)15-12(16)8(2)6-13/h4-5,8H,6,13H2,1-3H3,(H,15,16)(H2,14,17,18). The molecular weight excluding hydrogens is 266 g/mol. The van der Waals surface area contributed by atoms with Gasteiger partial charge in [0.25, 0.3) is 0 Å².